The van der Waals surface area contributed by atoms with Crippen molar-refractivity contribution in [2.45, 2.75) is 156 Å². The number of allylic oxidation sites excluding steroid dienone is 2. The van der Waals surface area contributed by atoms with Crippen molar-refractivity contribution in [2.75, 3.05) is 26.2 Å². The van der Waals surface area contributed by atoms with Crippen LogP contribution < -0.4 is 5.11 Å². The fourth-order valence-electron chi connectivity index (χ4n) is 5.66. The van der Waals surface area contributed by atoms with Gasteiger partial charge in [-0.1, -0.05) is 110 Å². The molecular formula is C36H67NO6. The van der Waals surface area contributed by atoms with Crippen molar-refractivity contribution in [1.29, 1.82) is 0 Å². The molecule has 3 unspecified atom stereocenters. The molecule has 252 valence electrons. The molecule has 0 saturated carbocycles. The molecule has 0 aromatic heterocycles. The van der Waals surface area contributed by atoms with Gasteiger partial charge >= 0.3 is 11.9 Å². The quantitative estimate of drug-likeness (QED) is 0.0467. The molecule has 0 saturated heterocycles. The molecule has 0 radical (unpaired) electrons. The van der Waals surface area contributed by atoms with Gasteiger partial charge in [-0.05, 0) is 38.5 Å². The number of carbonyl (C=O) groups excluding carboxylic acids is 1. The van der Waals surface area contributed by atoms with E-state index in [4.69, 9.17) is 0 Å². The van der Waals surface area contributed by atoms with Crippen LogP contribution in [0, 0.1) is 17.8 Å². The lowest BCUT2D eigenvalue weighted by molar-refractivity contribution is -0.929. The summed E-state index contributed by atoms with van der Waals surface area (Å²) in [4.78, 5) is 34.4. The highest BCUT2D eigenvalue weighted by Crippen LogP contribution is 2.22. The Bertz CT molecular complexity index is 692. The van der Waals surface area contributed by atoms with E-state index in [0.29, 0.717) is 43.4 Å². The standard InChI is InChI=1S/C36H67NO6/c1-5-6-7-8-9-10-11-12-13-14-15-16-17-18-19-20-21-22-23-27-37(28-24-31(2)34(38)39,29-25-32(3)35(40)41)30-26-33(4)36(42)43/h10-11,31-33H,5-9,12-30H2,1-4H3,(H2-,38,39,40,41,42,43)/b11-10+. The summed E-state index contributed by atoms with van der Waals surface area (Å²) in [7, 11) is 0. The van der Waals surface area contributed by atoms with Crippen LogP contribution in [-0.2, 0) is 14.4 Å². The molecule has 0 amide bonds. The number of hydrogen-bond donors (Lipinski definition) is 2. The maximum absolute atomic E-state index is 11.5. The van der Waals surface area contributed by atoms with Crippen molar-refractivity contribution in [1.82, 2.24) is 0 Å². The molecule has 3 atom stereocenters. The first kappa shape index (κ1) is 41.1. The largest absolute Gasteiger partial charge is 0.550 e. The Hall–Kier alpha value is -1.89. The molecule has 7 nitrogen and oxygen atoms in total. The first-order valence-corrected chi connectivity index (χ1v) is 17.7. The van der Waals surface area contributed by atoms with Gasteiger partial charge in [-0.25, -0.2) is 0 Å². The van der Waals surface area contributed by atoms with E-state index >= 15 is 0 Å². The first-order chi connectivity index (χ1) is 20.5. The van der Waals surface area contributed by atoms with Crippen LogP contribution >= 0.6 is 0 Å². The third-order valence-electron chi connectivity index (χ3n) is 9.25. The highest BCUT2D eigenvalue weighted by atomic mass is 16.4. The predicted molar refractivity (Wildman–Crippen MR) is 175 cm³/mol. The Labute approximate surface area is 264 Å². The van der Waals surface area contributed by atoms with Crippen molar-refractivity contribution < 1.29 is 34.2 Å². The average Bonchev–Trinajstić information content (AvgIpc) is 2.97. The molecule has 2 N–H and O–H groups in total. The van der Waals surface area contributed by atoms with Gasteiger partial charge in [-0.15, -0.1) is 0 Å². The van der Waals surface area contributed by atoms with E-state index in [2.05, 4.69) is 19.1 Å². The van der Waals surface area contributed by atoms with E-state index < -0.39 is 35.7 Å². The summed E-state index contributed by atoms with van der Waals surface area (Å²) < 4.78 is 0.585. The average molecular weight is 610 g/mol. The molecule has 0 bridgehead atoms. The van der Waals surface area contributed by atoms with Gasteiger partial charge in [0.05, 0.1) is 38.0 Å². The first-order valence-electron chi connectivity index (χ1n) is 17.7. The van der Waals surface area contributed by atoms with Gasteiger partial charge in [0.1, 0.15) is 0 Å². The van der Waals surface area contributed by atoms with Gasteiger partial charge in [-0.2, -0.15) is 0 Å². The second-order valence-electron chi connectivity index (χ2n) is 13.3. The van der Waals surface area contributed by atoms with Crippen molar-refractivity contribution in [3.05, 3.63) is 12.2 Å². The van der Waals surface area contributed by atoms with Crippen LogP contribution in [0.15, 0.2) is 12.2 Å². The SMILES string of the molecule is CCCCCC/C=C/CCCCCCCCCCCCC[N+](CCC(C)C(=O)[O-])(CCC(C)C(=O)O)CCC(C)C(=O)O. The fraction of sp³-hybridized carbons (Fsp3) is 0.861. The summed E-state index contributed by atoms with van der Waals surface area (Å²) in [6.07, 6.45) is 27.6. The number of unbranched alkanes of at least 4 members (excludes halogenated alkanes) is 15. The normalized spacial score (nSPS) is 15.3. The highest BCUT2D eigenvalue weighted by molar-refractivity contribution is 5.69. The maximum Gasteiger partial charge on any atom is 0.306 e. The minimum atomic E-state index is -1.07. The van der Waals surface area contributed by atoms with Crippen LogP contribution in [0.4, 0.5) is 0 Å². The lowest BCUT2D eigenvalue weighted by atomic mass is 10.0. The second-order valence-corrected chi connectivity index (χ2v) is 13.3. The number of aliphatic carboxylic acids is 3. The monoisotopic (exact) mass is 609 g/mol. The fourth-order valence-corrected chi connectivity index (χ4v) is 5.66. The number of carbonyl (C=O) groups is 3. The Morgan fingerprint density at radius 1 is 0.558 bits per heavy atom. The summed E-state index contributed by atoms with van der Waals surface area (Å²) in [6.45, 7) is 9.98. The van der Waals surface area contributed by atoms with Crippen LogP contribution in [0.2, 0.25) is 0 Å². The van der Waals surface area contributed by atoms with Crippen LogP contribution in [0.25, 0.3) is 0 Å². The molecule has 0 rings (SSSR count). The second kappa shape index (κ2) is 26.5. The molecule has 0 fully saturated rings. The van der Waals surface area contributed by atoms with Gasteiger partial charge in [-0.3, -0.25) is 9.59 Å². The van der Waals surface area contributed by atoms with Crippen molar-refractivity contribution in [3.63, 3.8) is 0 Å². The molecule has 0 aromatic rings. The summed E-state index contributed by atoms with van der Waals surface area (Å²) in [5.41, 5.74) is 0. The van der Waals surface area contributed by atoms with E-state index in [-0.39, 0.29) is 0 Å². The third-order valence-corrected chi connectivity index (χ3v) is 9.25. The van der Waals surface area contributed by atoms with E-state index in [1.54, 1.807) is 20.8 Å². The molecule has 0 spiro atoms. The Morgan fingerprint density at radius 2 is 0.907 bits per heavy atom. The van der Waals surface area contributed by atoms with Crippen LogP contribution in [-0.4, -0.2) is 58.8 Å². The van der Waals surface area contributed by atoms with E-state index in [9.17, 15) is 29.7 Å². The van der Waals surface area contributed by atoms with Crippen molar-refractivity contribution >= 4 is 17.9 Å². The topological polar surface area (TPSA) is 115 Å². The van der Waals surface area contributed by atoms with Gasteiger partial charge < -0.3 is 24.6 Å². The van der Waals surface area contributed by atoms with Crippen molar-refractivity contribution in [2.24, 2.45) is 17.8 Å². The van der Waals surface area contributed by atoms with Crippen LogP contribution in [0.3, 0.4) is 0 Å². The van der Waals surface area contributed by atoms with Gasteiger partial charge in [0.15, 0.2) is 0 Å². The summed E-state index contributed by atoms with van der Waals surface area (Å²) >= 11 is 0. The lowest BCUT2D eigenvalue weighted by Crippen LogP contribution is -2.52. The van der Waals surface area contributed by atoms with Crippen molar-refractivity contribution in [3.8, 4) is 0 Å². The smallest absolute Gasteiger partial charge is 0.306 e. The molecule has 7 heteroatoms. The molecule has 0 heterocycles. The zero-order valence-electron chi connectivity index (χ0n) is 28.3. The summed E-state index contributed by atoms with van der Waals surface area (Å²) in [6, 6.07) is 0. The molecule has 0 aliphatic carbocycles. The Balaban J connectivity index is 4.45. The Morgan fingerprint density at radius 3 is 1.28 bits per heavy atom. The van der Waals surface area contributed by atoms with E-state index in [1.165, 1.54) is 89.9 Å². The number of carboxylic acid groups (broad SMARTS) is 3. The number of nitrogens with zero attached hydrogens (tertiary/aromatic N) is 1. The summed E-state index contributed by atoms with van der Waals surface area (Å²) in [5.74, 6) is -4.31. The van der Waals surface area contributed by atoms with E-state index in [1.807, 2.05) is 0 Å². The van der Waals surface area contributed by atoms with E-state index in [0.717, 1.165) is 25.8 Å². The minimum absolute atomic E-state index is 0.445. The molecule has 0 aromatic carbocycles. The molecule has 0 aliphatic heterocycles. The van der Waals surface area contributed by atoms with Gasteiger partial charge in [0.2, 0.25) is 0 Å². The zero-order valence-corrected chi connectivity index (χ0v) is 28.3. The third kappa shape index (κ3) is 23.2. The molecule has 0 aliphatic rings. The van der Waals surface area contributed by atoms with Gasteiger partial charge in [0, 0.05) is 31.1 Å². The number of quaternary nitrogens is 1. The number of hydrogen-bond acceptors (Lipinski definition) is 4. The van der Waals surface area contributed by atoms with Crippen LogP contribution in [0.5, 0.6) is 0 Å². The maximum atomic E-state index is 11.5. The minimum Gasteiger partial charge on any atom is -0.550 e. The number of carboxylic acids is 3. The van der Waals surface area contributed by atoms with Crippen LogP contribution in [0.1, 0.15) is 156 Å². The molecule has 43 heavy (non-hydrogen) atoms. The molecular weight excluding hydrogens is 542 g/mol. The Kier molecular flexibility index (Phi) is 25.3. The lowest BCUT2D eigenvalue weighted by Gasteiger charge is -2.41. The zero-order chi connectivity index (χ0) is 32.3. The van der Waals surface area contributed by atoms with Gasteiger partial charge in [0.25, 0.3) is 0 Å². The summed E-state index contributed by atoms with van der Waals surface area (Å²) in [5, 5.41) is 30.3. The highest BCUT2D eigenvalue weighted by Gasteiger charge is 2.30. The predicted octanol–water partition coefficient (Wildman–Crippen LogP) is 8.01. The number of rotatable bonds is 31.